The molecule has 1 aromatic carbocycles. The van der Waals surface area contributed by atoms with Crippen LogP contribution in [0.25, 0.3) is 0 Å². The summed E-state index contributed by atoms with van der Waals surface area (Å²) < 4.78 is 5.12. The molecule has 0 spiro atoms. The Bertz CT molecular complexity index is 313. The van der Waals surface area contributed by atoms with Gasteiger partial charge in [0.1, 0.15) is 0 Å². The Morgan fingerprint density at radius 1 is 1.11 bits per heavy atom. The van der Waals surface area contributed by atoms with Crippen LogP contribution in [0.15, 0.2) is 24.3 Å². The third-order valence-corrected chi connectivity index (χ3v) is 3.46. The van der Waals surface area contributed by atoms with Gasteiger partial charge >= 0.3 is 0 Å². The molecule has 0 radical (unpaired) electrons. The molecule has 108 valence electrons. The van der Waals surface area contributed by atoms with E-state index in [9.17, 15) is 0 Å². The number of methoxy groups -OCH3 is 1. The zero-order valence-corrected chi connectivity index (χ0v) is 12.7. The van der Waals surface area contributed by atoms with Crippen LogP contribution in [-0.2, 0) is 11.2 Å². The summed E-state index contributed by atoms with van der Waals surface area (Å²) in [4.78, 5) is 0. The maximum atomic E-state index is 5.12. The minimum Gasteiger partial charge on any atom is -0.384 e. The molecule has 1 N–H and O–H groups in total. The van der Waals surface area contributed by atoms with Gasteiger partial charge in [-0.25, -0.2) is 0 Å². The molecule has 2 heteroatoms. The number of rotatable bonds is 10. The van der Waals surface area contributed by atoms with Crippen LogP contribution in [0.5, 0.6) is 0 Å². The third-order valence-electron chi connectivity index (χ3n) is 3.46. The largest absolute Gasteiger partial charge is 0.384 e. The molecule has 0 fully saturated rings. The molecule has 0 bridgehead atoms. The Labute approximate surface area is 118 Å². The van der Waals surface area contributed by atoms with Gasteiger partial charge in [0.25, 0.3) is 0 Å². The maximum absolute atomic E-state index is 5.12. The van der Waals surface area contributed by atoms with E-state index in [-0.39, 0.29) is 0 Å². The summed E-state index contributed by atoms with van der Waals surface area (Å²) in [6.45, 7) is 6.37. The highest BCUT2D eigenvalue weighted by Crippen LogP contribution is 2.20. The minimum absolute atomic E-state index is 0.511. The molecule has 1 atom stereocenters. The molecule has 0 aliphatic rings. The molecule has 0 aliphatic carbocycles. The molecule has 0 aromatic heterocycles. The molecule has 0 amide bonds. The van der Waals surface area contributed by atoms with E-state index in [4.69, 9.17) is 4.74 Å². The van der Waals surface area contributed by atoms with Crippen LogP contribution >= 0.6 is 0 Å². The molecule has 0 aliphatic heterocycles. The van der Waals surface area contributed by atoms with Crippen molar-refractivity contribution in [2.24, 2.45) is 0 Å². The van der Waals surface area contributed by atoms with E-state index in [0.717, 1.165) is 19.6 Å². The second-order valence-electron chi connectivity index (χ2n) is 5.13. The van der Waals surface area contributed by atoms with E-state index < -0.39 is 0 Å². The summed E-state index contributed by atoms with van der Waals surface area (Å²) in [6, 6.07) is 9.53. The van der Waals surface area contributed by atoms with Gasteiger partial charge in [-0.15, -0.1) is 0 Å². The summed E-state index contributed by atoms with van der Waals surface area (Å²) in [6.07, 6.45) is 5.96. The van der Waals surface area contributed by atoms with Gasteiger partial charge in [-0.2, -0.15) is 0 Å². The number of ether oxygens (including phenoxy) is 1. The fourth-order valence-electron chi connectivity index (χ4n) is 2.25. The van der Waals surface area contributed by atoms with Gasteiger partial charge in [-0.3, -0.25) is 0 Å². The average Bonchev–Trinajstić information content (AvgIpc) is 2.46. The molecule has 1 unspecified atom stereocenters. The van der Waals surface area contributed by atoms with E-state index in [1.54, 1.807) is 7.11 Å². The van der Waals surface area contributed by atoms with Gasteiger partial charge < -0.3 is 10.1 Å². The molecular formula is C17H29NO. The van der Waals surface area contributed by atoms with Crippen molar-refractivity contribution in [3.63, 3.8) is 0 Å². The number of hydrogen-bond acceptors (Lipinski definition) is 2. The smallest absolute Gasteiger partial charge is 0.0502 e. The molecule has 1 rings (SSSR count). The second-order valence-corrected chi connectivity index (χ2v) is 5.13. The van der Waals surface area contributed by atoms with Crippen molar-refractivity contribution in [1.29, 1.82) is 0 Å². The number of unbranched alkanes of at least 4 members (excludes halogenated alkanes) is 1. The zero-order valence-electron chi connectivity index (χ0n) is 12.7. The van der Waals surface area contributed by atoms with Gasteiger partial charge in [0.15, 0.2) is 0 Å². The van der Waals surface area contributed by atoms with Crippen LogP contribution in [0.3, 0.4) is 0 Å². The lowest BCUT2D eigenvalue weighted by Crippen LogP contribution is -2.22. The van der Waals surface area contributed by atoms with Crippen molar-refractivity contribution in [2.45, 2.75) is 52.0 Å². The van der Waals surface area contributed by atoms with Gasteiger partial charge in [-0.05, 0) is 36.9 Å². The van der Waals surface area contributed by atoms with E-state index in [1.165, 1.54) is 36.8 Å². The third kappa shape index (κ3) is 6.22. The number of benzene rings is 1. The van der Waals surface area contributed by atoms with Crippen LogP contribution in [0.1, 0.15) is 56.7 Å². The minimum atomic E-state index is 0.511. The van der Waals surface area contributed by atoms with Crippen molar-refractivity contribution in [3.8, 4) is 0 Å². The summed E-state index contributed by atoms with van der Waals surface area (Å²) >= 11 is 0. The van der Waals surface area contributed by atoms with E-state index in [1.807, 2.05) is 0 Å². The van der Waals surface area contributed by atoms with Crippen molar-refractivity contribution in [3.05, 3.63) is 35.4 Å². The Morgan fingerprint density at radius 2 is 1.84 bits per heavy atom. The first-order valence-corrected chi connectivity index (χ1v) is 7.63. The van der Waals surface area contributed by atoms with Crippen LogP contribution in [-0.4, -0.2) is 20.3 Å². The first-order chi connectivity index (χ1) is 9.31. The van der Waals surface area contributed by atoms with Gasteiger partial charge in [0.05, 0.1) is 6.61 Å². The highest BCUT2D eigenvalue weighted by molar-refractivity contribution is 5.25. The van der Waals surface area contributed by atoms with Gasteiger partial charge in [0, 0.05) is 13.2 Å². The Hall–Kier alpha value is -0.860. The normalized spacial score (nSPS) is 12.6. The molecular weight excluding hydrogens is 234 g/mol. The molecule has 0 heterocycles. The Morgan fingerprint density at radius 3 is 2.42 bits per heavy atom. The fraction of sp³-hybridized carbons (Fsp3) is 0.647. The summed E-state index contributed by atoms with van der Waals surface area (Å²) in [5, 5.41) is 3.66. The van der Waals surface area contributed by atoms with E-state index >= 15 is 0 Å². The molecule has 0 saturated heterocycles. The zero-order chi connectivity index (χ0) is 13.9. The quantitative estimate of drug-likeness (QED) is 0.686. The first-order valence-electron chi connectivity index (χ1n) is 7.63. The standard InChI is InChI=1S/C17H29NO/c1-4-6-7-17(18-13-5-2)16-10-8-15(9-11-16)12-14-19-3/h8-11,17-18H,4-7,12-14H2,1-3H3. The van der Waals surface area contributed by atoms with Crippen LogP contribution in [0.4, 0.5) is 0 Å². The summed E-state index contributed by atoms with van der Waals surface area (Å²) in [5.74, 6) is 0. The molecule has 19 heavy (non-hydrogen) atoms. The van der Waals surface area contributed by atoms with E-state index in [2.05, 4.69) is 43.4 Å². The first kappa shape index (κ1) is 16.2. The van der Waals surface area contributed by atoms with Crippen LogP contribution < -0.4 is 5.32 Å². The molecule has 2 nitrogen and oxygen atoms in total. The topological polar surface area (TPSA) is 21.3 Å². The highest BCUT2D eigenvalue weighted by atomic mass is 16.5. The Kier molecular flexibility index (Phi) is 8.52. The van der Waals surface area contributed by atoms with Gasteiger partial charge in [-0.1, -0.05) is 51.0 Å². The predicted molar refractivity (Wildman–Crippen MR) is 82.6 cm³/mol. The Balaban J connectivity index is 2.61. The van der Waals surface area contributed by atoms with Crippen molar-refractivity contribution >= 4 is 0 Å². The molecule has 0 saturated carbocycles. The lowest BCUT2D eigenvalue weighted by molar-refractivity contribution is 0.202. The number of nitrogens with one attached hydrogen (secondary N) is 1. The van der Waals surface area contributed by atoms with Crippen molar-refractivity contribution in [2.75, 3.05) is 20.3 Å². The second kappa shape index (κ2) is 9.99. The maximum Gasteiger partial charge on any atom is 0.0502 e. The SMILES string of the molecule is CCCCC(NCCC)c1ccc(CCOC)cc1. The van der Waals surface area contributed by atoms with Crippen LogP contribution in [0.2, 0.25) is 0 Å². The van der Waals surface area contributed by atoms with E-state index in [0.29, 0.717) is 6.04 Å². The monoisotopic (exact) mass is 263 g/mol. The average molecular weight is 263 g/mol. The van der Waals surface area contributed by atoms with Crippen molar-refractivity contribution in [1.82, 2.24) is 5.32 Å². The summed E-state index contributed by atoms with van der Waals surface area (Å²) in [5.41, 5.74) is 2.78. The molecule has 1 aromatic rings. The van der Waals surface area contributed by atoms with Gasteiger partial charge in [0.2, 0.25) is 0 Å². The lowest BCUT2D eigenvalue weighted by Gasteiger charge is -2.19. The predicted octanol–water partition coefficient (Wildman–Crippen LogP) is 4.11. The lowest BCUT2D eigenvalue weighted by atomic mass is 9.99. The highest BCUT2D eigenvalue weighted by Gasteiger charge is 2.09. The van der Waals surface area contributed by atoms with Crippen molar-refractivity contribution < 1.29 is 4.74 Å². The number of hydrogen-bond donors (Lipinski definition) is 1. The summed E-state index contributed by atoms with van der Waals surface area (Å²) in [7, 11) is 1.75. The fourth-order valence-corrected chi connectivity index (χ4v) is 2.25. The van der Waals surface area contributed by atoms with Crippen LogP contribution in [0, 0.1) is 0 Å².